The number of aliphatic hydroxyl groups is 2. The van der Waals surface area contributed by atoms with Crippen LogP contribution in [0.15, 0.2) is 60.7 Å². The summed E-state index contributed by atoms with van der Waals surface area (Å²) in [6.45, 7) is 0.290. The van der Waals surface area contributed by atoms with Crippen molar-refractivity contribution in [2.75, 3.05) is 35.0 Å². The Hall–Kier alpha value is -1.05. The Morgan fingerprint density at radius 3 is 1.88 bits per heavy atom. The first kappa shape index (κ1) is 36.4. The fourth-order valence-corrected chi connectivity index (χ4v) is 5.13. The zero-order chi connectivity index (χ0) is 30.1. The first-order valence-electron chi connectivity index (χ1n) is 13.7. The van der Waals surface area contributed by atoms with E-state index < -0.39 is 67.4 Å². The van der Waals surface area contributed by atoms with E-state index in [0.29, 0.717) is 0 Å². The van der Waals surface area contributed by atoms with Crippen LogP contribution in [0.1, 0.15) is 11.1 Å². The summed E-state index contributed by atoms with van der Waals surface area (Å²) < 4.78 is 52.0. The molecule has 2 N–H and O–H groups in total. The minimum Gasteiger partial charge on any atom is -0.459 e. The van der Waals surface area contributed by atoms with Gasteiger partial charge in [-0.05, 0) is 11.1 Å². The van der Waals surface area contributed by atoms with E-state index in [2.05, 4.69) is 0 Å². The van der Waals surface area contributed by atoms with Gasteiger partial charge in [0, 0.05) is 72.5 Å². The van der Waals surface area contributed by atoms with Gasteiger partial charge in [-0.15, -0.1) is 0 Å². The van der Waals surface area contributed by atoms with Crippen LogP contribution in [-0.4, -0.2) is 113 Å². The molecule has 2 saturated heterocycles. The van der Waals surface area contributed by atoms with Crippen molar-refractivity contribution >= 4 is 5.97 Å². The van der Waals surface area contributed by atoms with Gasteiger partial charge in [-0.2, -0.15) is 0 Å². The van der Waals surface area contributed by atoms with Crippen LogP contribution >= 0.6 is 0 Å². The number of carbonyl (C=O) groups excluding carboxylic acids is 1. The van der Waals surface area contributed by atoms with Gasteiger partial charge in [0.15, 0.2) is 18.7 Å². The molecule has 235 valence electrons. The first-order valence-corrected chi connectivity index (χ1v) is 13.7. The van der Waals surface area contributed by atoms with Gasteiger partial charge < -0.3 is 52.8 Å². The number of aliphatic hydroxyl groups excluding tert-OH is 2. The summed E-state index contributed by atoms with van der Waals surface area (Å²) in [5, 5.41) is 21.9. The summed E-state index contributed by atoms with van der Waals surface area (Å²) in [5.41, 5.74) is 1.68. The van der Waals surface area contributed by atoms with Crippen molar-refractivity contribution in [3.05, 3.63) is 71.8 Å². The molecule has 2 heterocycles. The molecule has 0 aromatic heterocycles. The van der Waals surface area contributed by atoms with Crippen molar-refractivity contribution in [2.24, 2.45) is 0 Å². The maximum Gasteiger partial charge on any atom is 0.338 e. The Morgan fingerprint density at radius 2 is 1.33 bits per heavy atom. The Morgan fingerprint density at radius 1 is 0.721 bits per heavy atom. The third kappa shape index (κ3) is 9.25. The topological polar surface area (TPSA) is 141 Å². The number of methoxy groups -OCH3 is 4. The van der Waals surface area contributed by atoms with E-state index in [0.717, 1.165) is 11.1 Å². The molecule has 2 aromatic carbocycles. The summed E-state index contributed by atoms with van der Waals surface area (Å²) in [5.74, 6) is -0.839. The standard InChI is InChI=1S/C30H40O12.Ac/c1-34-17-20-23(26(36-3)27(30(37-4)40-20)38-15-18-11-7-5-8-12-18)41-29-22(32)24(35-2)21(31)25(42-29)28(33)39-16-19-13-9-6-10-14-19;/h5-14,20-27,29-32H,15-17H2,1-4H3;/t20?,21-,22?,23+,24?,25+,26-,27?,29-,30-;/m0./s1. The second-order valence-electron chi connectivity index (χ2n) is 10.00. The Bertz CT molecular complexity index is 1080. The minimum atomic E-state index is -1.52. The second-order valence-corrected chi connectivity index (χ2v) is 10.00. The molecule has 0 bridgehead atoms. The van der Waals surface area contributed by atoms with Gasteiger partial charge in [-0.1, -0.05) is 60.7 Å². The quantitative estimate of drug-likeness (QED) is 0.281. The van der Waals surface area contributed by atoms with Gasteiger partial charge in [0.1, 0.15) is 49.3 Å². The van der Waals surface area contributed by atoms with Crippen molar-refractivity contribution in [1.29, 1.82) is 0 Å². The van der Waals surface area contributed by atoms with E-state index in [-0.39, 0.29) is 63.9 Å². The molecule has 4 rings (SSSR count). The first-order chi connectivity index (χ1) is 20.4. The maximum atomic E-state index is 13.0. The Balaban J connectivity index is 0.00000506. The minimum absolute atomic E-state index is 0. The molecule has 0 amide bonds. The number of ether oxygens (including phenoxy) is 9. The number of esters is 1. The van der Waals surface area contributed by atoms with E-state index in [1.165, 1.54) is 28.4 Å². The molecule has 1 radical (unpaired) electrons. The van der Waals surface area contributed by atoms with Crippen molar-refractivity contribution in [1.82, 2.24) is 0 Å². The third-order valence-corrected chi connectivity index (χ3v) is 7.27. The second kappa shape index (κ2) is 18.2. The number of carbonyl (C=O) groups is 1. The third-order valence-electron chi connectivity index (χ3n) is 7.27. The van der Waals surface area contributed by atoms with Crippen LogP contribution < -0.4 is 0 Å². The number of hydrogen-bond donors (Lipinski definition) is 2. The summed E-state index contributed by atoms with van der Waals surface area (Å²) in [4.78, 5) is 13.0. The molecule has 43 heavy (non-hydrogen) atoms. The van der Waals surface area contributed by atoms with Crippen molar-refractivity contribution in [3.63, 3.8) is 0 Å². The zero-order valence-corrected chi connectivity index (χ0v) is 29.5. The van der Waals surface area contributed by atoms with Gasteiger partial charge in [-0.25, -0.2) is 4.79 Å². The van der Waals surface area contributed by atoms with Crippen LogP contribution in [0.5, 0.6) is 0 Å². The molecule has 2 aliphatic heterocycles. The number of benzene rings is 2. The normalized spacial score (nSPS) is 32.5. The maximum absolute atomic E-state index is 13.0. The van der Waals surface area contributed by atoms with E-state index in [1.54, 1.807) is 12.1 Å². The fraction of sp³-hybridized carbons (Fsp3) is 0.567. The van der Waals surface area contributed by atoms with Crippen LogP contribution in [-0.2, 0) is 60.6 Å². The van der Waals surface area contributed by atoms with Gasteiger partial charge in [-0.3, -0.25) is 0 Å². The molecule has 12 nitrogen and oxygen atoms in total. The van der Waals surface area contributed by atoms with Gasteiger partial charge >= 0.3 is 5.97 Å². The molecule has 2 aromatic rings. The van der Waals surface area contributed by atoms with Crippen LogP contribution in [0.25, 0.3) is 0 Å². The average Bonchev–Trinajstić information content (AvgIpc) is 3.02. The van der Waals surface area contributed by atoms with Crippen molar-refractivity contribution < 1.29 is 102 Å². The molecule has 0 spiro atoms. The molecule has 0 saturated carbocycles. The smallest absolute Gasteiger partial charge is 0.338 e. The fourth-order valence-electron chi connectivity index (χ4n) is 5.13. The summed E-state index contributed by atoms with van der Waals surface area (Å²) in [6, 6.07) is 18.6. The molecule has 2 fully saturated rings. The van der Waals surface area contributed by atoms with Crippen molar-refractivity contribution in [3.8, 4) is 0 Å². The van der Waals surface area contributed by atoms with Crippen LogP contribution in [0.3, 0.4) is 0 Å². The Kier molecular flexibility index (Phi) is 15.4. The predicted molar refractivity (Wildman–Crippen MR) is 146 cm³/mol. The molecule has 2 aliphatic rings. The molecular formula is C30H40AcO12. The van der Waals surface area contributed by atoms with Gasteiger partial charge in [0.05, 0.1) is 13.2 Å². The van der Waals surface area contributed by atoms with Gasteiger partial charge in [0.25, 0.3) is 0 Å². The molecule has 10 atom stereocenters. The summed E-state index contributed by atoms with van der Waals surface area (Å²) in [6.07, 6.45) is -11.2. The molecule has 0 aliphatic carbocycles. The average molecular weight is 820 g/mol. The van der Waals surface area contributed by atoms with Crippen LogP contribution in [0.4, 0.5) is 0 Å². The zero-order valence-electron chi connectivity index (χ0n) is 24.7. The van der Waals surface area contributed by atoms with Gasteiger partial charge in [0.2, 0.25) is 0 Å². The number of hydrogen-bond acceptors (Lipinski definition) is 12. The van der Waals surface area contributed by atoms with Crippen LogP contribution in [0, 0.1) is 44.1 Å². The number of rotatable bonds is 13. The molecular weight excluding hydrogens is 779 g/mol. The summed E-state index contributed by atoms with van der Waals surface area (Å²) in [7, 11) is 5.79. The van der Waals surface area contributed by atoms with E-state index in [9.17, 15) is 15.0 Å². The molecule has 13 heteroatoms. The van der Waals surface area contributed by atoms with Crippen molar-refractivity contribution in [2.45, 2.75) is 74.6 Å². The SMILES string of the molecule is COCC1O[C@H](OC)C(OCc2ccccc2)[C@@H](OC)[C@@H]1O[C@H]1O[C@@H](C(=O)OCc2ccccc2)[C@@H](O)C(OC)C1O.[Ac]. The monoisotopic (exact) mass is 819 g/mol. The van der Waals surface area contributed by atoms with E-state index in [1.807, 2.05) is 48.5 Å². The van der Waals surface area contributed by atoms with E-state index >= 15 is 0 Å². The van der Waals surface area contributed by atoms with E-state index in [4.69, 9.17) is 42.6 Å². The van der Waals surface area contributed by atoms with Crippen LogP contribution in [0.2, 0.25) is 0 Å². The summed E-state index contributed by atoms with van der Waals surface area (Å²) >= 11 is 0. The predicted octanol–water partition coefficient (Wildman–Crippen LogP) is 1.19. The Labute approximate surface area is 287 Å². The largest absolute Gasteiger partial charge is 0.459 e. The molecule has 4 unspecified atom stereocenters.